The van der Waals surface area contributed by atoms with Crippen molar-refractivity contribution in [1.29, 1.82) is 0 Å². The molecule has 3 nitrogen and oxygen atoms in total. The Morgan fingerprint density at radius 1 is 1.40 bits per heavy atom. The lowest BCUT2D eigenvalue weighted by molar-refractivity contribution is -0.126. The van der Waals surface area contributed by atoms with Gasteiger partial charge in [-0.05, 0) is 24.1 Å². The molecule has 1 aromatic rings. The Morgan fingerprint density at radius 2 is 2.00 bits per heavy atom. The van der Waals surface area contributed by atoms with Gasteiger partial charge in [0, 0.05) is 11.3 Å². The zero-order valence-electron chi connectivity index (χ0n) is 7.84. The van der Waals surface area contributed by atoms with Gasteiger partial charge in [0.1, 0.15) is 0 Å². The molecule has 0 unspecified atom stereocenters. The van der Waals surface area contributed by atoms with Gasteiger partial charge in [-0.25, -0.2) is 0 Å². The van der Waals surface area contributed by atoms with E-state index < -0.39 is 0 Å². The van der Waals surface area contributed by atoms with Crippen LogP contribution in [0.4, 0.5) is 0 Å². The van der Waals surface area contributed by atoms with E-state index in [0.29, 0.717) is 12.8 Å². The Hall–Kier alpha value is -0.300. The molecule has 0 aliphatic carbocycles. The van der Waals surface area contributed by atoms with Crippen molar-refractivity contribution in [3.63, 3.8) is 0 Å². The standard InChI is InChI=1S/C9H10N2OS3/c12-9(11(15)10-14)6-3-7-1-4-8(13)5-2-7/h1-2,4-5,10,13H,3,6H2/q-2. The minimum atomic E-state index is -0.199. The molecule has 0 radical (unpaired) electrons. The average Bonchev–Trinajstić information content (AvgIpc) is 2.26. The number of amides is 1. The fraction of sp³-hybridized carbons (Fsp3) is 0.222. The SMILES string of the molecule is O=C(CCc1ccc(S)cc1)N([S-])N[S-]. The molecule has 0 saturated carbocycles. The lowest BCUT2D eigenvalue weighted by Crippen LogP contribution is -2.34. The summed E-state index contributed by atoms with van der Waals surface area (Å²) in [5.41, 5.74) is 1.08. The first-order valence-electron chi connectivity index (χ1n) is 4.29. The summed E-state index contributed by atoms with van der Waals surface area (Å²) in [5, 5.41) is 0. The first kappa shape index (κ1) is 12.8. The van der Waals surface area contributed by atoms with E-state index in [1.165, 1.54) is 0 Å². The predicted octanol–water partition coefficient (Wildman–Crippen LogP) is 1.16. The van der Waals surface area contributed by atoms with Gasteiger partial charge in [-0.3, -0.25) is 4.79 Å². The van der Waals surface area contributed by atoms with Crippen molar-refractivity contribution in [2.24, 2.45) is 0 Å². The van der Waals surface area contributed by atoms with Gasteiger partial charge in [-0.2, -0.15) is 0 Å². The van der Waals surface area contributed by atoms with Crippen molar-refractivity contribution < 1.29 is 4.79 Å². The largest absolute Gasteiger partial charge is 0.683 e. The van der Waals surface area contributed by atoms with Crippen molar-refractivity contribution in [3.05, 3.63) is 29.8 Å². The molecular weight excluding hydrogens is 248 g/mol. The summed E-state index contributed by atoms with van der Waals surface area (Å²) in [5.74, 6) is -0.199. The molecule has 82 valence electrons. The van der Waals surface area contributed by atoms with Crippen molar-refractivity contribution in [1.82, 2.24) is 9.25 Å². The third-order valence-electron chi connectivity index (χ3n) is 1.87. The number of benzene rings is 1. The number of hydrogen-bond donors (Lipinski definition) is 2. The Morgan fingerprint density at radius 3 is 2.53 bits per heavy atom. The summed E-state index contributed by atoms with van der Waals surface area (Å²) < 4.78 is 0.891. The molecule has 0 saturated heterocycles. The molecule has 1 amide bonds. The van der Waals surface area contributed by atoms with E-state index in [2.05, 4.69) is 43.1 Å². The number of rotatable bonds is 4. The van der Waals surface area contributed by atoms with Crippen LogP contribution in [0, 0.1) is 0 Å². The number of nitrogens with one attached hydrogen (secondary N) is 1. The van der Waals surface area contributed by atoms with Crippen molar-refractivity contribution in [2.45, 2.75) is 17.7 Å². The van der Waals surface area contributed by atoms with Crippen LogP contribution >= 0.6 is 12.6 Å². The Kier molecular flexibility index (Phi) is 5.38. The van der Waals surface area contributed by atoms with Crippen molar-refractivity contribution in [3.8, 4) is 0 Å². The van der Waals surface area contributed by atoms with Crippen LogP contribution in [-0.2, 0) is 36.8 Å². The second-order valence-electron chi connectivity index (χ2n) is 2.95. The zero-order chi connectivity index (χ0) is 11.3. The number of carbonyl (C=O) groups excluding carboxylic acids is 1. The van der Waals surface area contributed by atoms with Gasteiger partial charge < -0.3 is 34.9 Å². The van der Waals surface area contributed by atoms with Crippen LogP contribution in [-0.4, -0.2) is 10.3 Å². The van der Waals surface area contributed by atoms with Crippen LogP contribution in [0.5, 0.6) is 0 Å². The van der Waals surface area contributed by atoms with Gasteiger partial charge in [0.05, 0.1) is 0 Å². The third kappa shape index (κ3) is 4.38. The highest BCUT2D eigenvalue weighted by molar-refractivity contribution is 7.80. The molecule has 0 aliphatic heterocycles. The summed E-state index contributed by atoms with van der Waals surface area (Å²) in [6, 6.07) is 7.65. The summed E-state index contributed by atoms with van der Waals surface area (Å²) in [7, 11) is 0. The smallest absolute Gasteiger partial charge is 0.213 e. The Bertz CT molecular complexity index is 329. The van der Waals surface area contributed by atoms with Gasteiger partial charge in [-0.15, -0.1) is 12.6 Å². The highest BCUT2D eigenvalue weighted by Crippen LogP contribution is 2.09. The minimum Gasteiger partial charge on any atom is -0.683 e. The highest BCUT2D eigenvalue weighted by atomic mass is 32.1. The summed E-state index contributed by atoms with van der Waals surface area (Å²) >= 11 is 13.3. The summed E-state index contributed by atoms with van der Waals surface area (Å²) in [4.78, 5) is 14.4. The van der Waals surface area contributed by atoms with Crippen LogP contribution in [0.3, 0.4) is 0 Å². The van der Waals surface area contributed by atoms with Crippen molar-refractivity contribution >= 4 is 44.2 Å². The van der Waals surface area contributed by atoms with Gasteiger partial charge in [0.2, 0.25) is 5.91 Å². The number of hydrogen-bond acceptors (Lipinski definition) is 5. The number of aryl methyl sites for hydroxylation is 1. The van der Waals surface area contributed by atoms with Gasteiger partial charge in [-0.1, -0.05) is 12.1 Å². The lowest BCUT2D eigenvalue weighted by atomic mass is 10.1. The maximum atomic E-state index is 11.3. The second kappa shape index (κ2) is 6.32. The van der Waals surface area contributed by atoms with Crippen molar-refractivity contribution in [2.75, 3.05) is 0 Å². The van der Waals surface area contributed by atoms with E-state index in [1.807, 2.05) is 24.3 Å². The van der Waals surface area contributed by atoms with E-state index in [-0.39, 0.29) is 5.91 Å². The summed E-state index contributed by atoms with van der Waals surface area (Å²) in [6.45, 7) is 0. The molecule has 1 N–H and O–H groups in total. The van der Waals surface area contributed by atoms with Crippen LogP contribution in [0.25, 0.3) is 0 Å². The number of nitrogens with zero attached hydrogens (tertiary/aromatic N) is 1. The van der Waals surface area contributed by atoms with Crippen LogP contribution in [0.1, 0.15) is 12.0 Å². The van der Waals surface area contributed by atoms with Gasteiger partial charge >= 0.3 is 0 Å². The maximum Gasteiger partial charge on any atom is 0.213 e. The first-order chi connectivity index (χ1) is 7.13. The maximum absolute atomic E-state index is 11.3. The molecule has 0 aliphatic rings. The van der Waals surface area contributed by atoms with E-state index in [0.717, 1.165) is 14.9 Å². The molecule has 15 heavy (non-hydrogen) atoms. The summed E-state index contributed by atoms with van der Waals surface area (Å²) in [6.07, 6.45) is 0.996. The number of hydrazine groups is 1. The molecule has 0 spiro atoms. The highest BCUT2D eigenvalue weighted by Gasteiger charge is 2.00. The van der Waals surface area contributed by atoms with Gasteiger partial charge in [0.15, 0.2) is 0 Å². The van der Waals surface area contributed by atoms with Crippen LogP contribution < -0.4 is 4.83 Å². The topological polar surface area (TPSA) is 32.3 Å². The molecule has 0 atom stereocenters. The van der Waals surface area contributed by atoms with Gasteiger partial charge in [0.25, 0.3) is 0 Å². The fourth-order valence-corrected chi connectivity index (χ4v) is 1.41. The van der Waals surface area contributed by atoms with E-state index in [4.69, 9.17) is 0 Å². The molecule has 1 rings (SSSR count). The number of carbonyl (C=O) groups is 1. The van der Waals surface area contributed by atoms with E-state index in [1.54, 1.807) is 0 Å². The fourth-order valence-electron chi connectivity index (χ4n) is 1.07. The number of thiol groups is 1. The first-order valence-corrected chi connectivity index (χ1v) is 5.51. The average molecular weight is 258 g/mol. The Labute approximate surface area is 106 Å². The zero-order valence-corrected chi connectivity index (χ0v) is 10.4. The minimum absolute atomic E-state index is 0.199. The Balaban J connectivity index is 2.43. The third-order valence-corrected chi connectivity index (χ3v) is 2.76. The molecule has 0 fully saturated rings. The molecule has 0 heterocycles. The molecule has 0 aromatic heterocycles. The van der Waals surface area contributed by atoms with Crippen LogP contribution in [0.2, 0.25) is 0 Å². The van der Waals surface area contributed by atoms with E-state index >= 15 is 0 Å². The van der Waals surface area contributed by atoms with Crippen LogP contribution in [0.15, 0.2) is 29.2 Å². The molecule has 6 heteroatoms. The second-order valence-corrected chi connectivity index (χ2v) is 4.01. The monoisotopic (exact) mass is 258 g/mol. The molecule has 1 aromatic carbocycles. The van der Waals surface area contributed by atoms with E-state index in [9.17, 15) is 4.79 Å². The predicted molar refractivity (Wildman–Crippen MR) is 66.7 cm³/mol. The quantitative estimate of drug-likeness (QED) is 0.482. The lowest BCUT2D eigenvalue weighted by Gasteiger charge is -2.34. The molecular formula is C9H10N2OS3-2. The normalized spacial score (nSPS) is 10.1. The molecule has 0 bridgehead atoms.